The van der Waals surface area contributed by atoms with Gasteiger partial charge in [-0.15, -0.1) is 0 Å². The fourth-order valence-electron chi connectivity index (χ4n) is 6.38. The molecular weight excluding hydrogens is 468 g/mol. The molecule has 2 aliphatic heterocycles. The molecule has 0 N–H and O–H groups in total. The Hall–Kier alpha value is -3.37. The minimum Gasteiger partial charge on any atom is -0.497 e. The summed E-state index contributed by atoms with van der Waals surface area (Å²) in [5.74, 6) is 1.03. The van der Waals surface area contributed by atoms with Crippen LogP contribution in [0.2, 0.25) is 0 Å². The molecule has 2 fully saturated rings. The summed E-state index contributed by atoms with van der Waals surface area (Å²) in [6, 6.07) is 28.9. The second-order valence-corrected chi connectivity index (χ2v) is 10.5. The second kappa shape index (κ2) is 12.0. The summed E-state index contributed by atoms with van der Waals surface area (Å²) in [4.78, 5) is 17.5. The number of benzene rings is 3. The van der Waals surface area contributed by atoms with E-state index in [1.165, 1.54) is 35.1 Å². The molecule has 2 bridgehead atoms. The molecule has 4 heteroatoms. The van der Waals surface area contributed by atoms with E-state index in [2.05, 4.69) is 71.6 Å². The first kappa shape index (κ1) is 26.2. The molecule has 0 spiro atoms. The molecule has 38 heavy (non-hydrogen) atoms. The van der Waals surface area contributed by atoms with Gasteiger partial charge in [0.25, 0.3) is 5.91 Å². The zero-order valence-electron chi connectivity index (χ0n) is 23.0. The van der Waals surface area contributed by atoms with Gasteiger partial charge in [0.05, 0.1) is 7.11 Å². The van der Waals surface area contributed by atoms with Crippen LogP contribution in [-0.4, -0.2) is 54.5 Å². The van der Waals surface area contributed by atoms with Crippen molar-refractivity contribution in [3.8, 4) is 5.75 Å². The maximum absolute atomic E-state index is 12.9. The standard InChI is InChI=1S/C34H40N2O2/c1-4-35(5-2)34(37)28-15-13-27(14-16-28)33(26-9-7-6-8-10-26)29-23-30-17-18-31(24-29)36(30)22-21-25-11-19-32(38-3)20-12-25/h6-16,19-20,30-31H,4-5,17-18,21-24H2,1-3H3. The zero-order valence-corrected chi connectivity index (χ0v) is 23.0. The molecule has 0 aliphatic carbocycles. The highest BCUT2D eigenvalue weighted by Gasteiger charge is 2.39. The Kier molecular flexibility index (Phi) is 8.29. The quantitative estimate of drug-likeness (QED) is 0.317. The van der Waals surface area contributed by atoms with E-state index in [0.29, 0.717) is 12.1 Å². The van der Waals surface area contributed by atoms with Gasteiger partial charge in [0.2, 0.25) is 0 Å². The Balaban J connectivity index is 1.38. The van der Waals surface area contributed by atoms with Crippen molar-refractivity contribution in [1.82, 2.24) is 9.80 Å². The molecule has 2 heterocycles. The van der Waals surface area contributed by atoms with Crippen molar-refractivity contribution >= 4 is 11.5 Å². The van der Waals surface area contributed by atoms with Gasteiger partial charge in [-0.05, 0) is 92.5 Å². The molecular formula is C34H40N2O2. The highest BCUT2D eigenvalue weighted by atomic mass is 16.5. The first-order chi connectivity index (χ1) is 18.6. The van der Waals surface area contributed by atoms with Gasteiger partial charge in [0.1, 0.15) is 5.75 Å². The zero-order chi connectivity index (χ0) is 26.5. The molecule has 2 aliphatic rings. The van der Waals surface area contributed by atoms with E-state index in [0.717, 1.165) is 50.2 Å². The van der Waals surface area contributed by atoms with Crippen LogP contribution in [0.15, 0.2) is 84.4 Å². The molecule has 1 amide bonds. The van der Waals surface area contributed by atoms with E-state index in [-0.39, 0.29) is 5.91 Å². The van der Waals surface area contributed by atoms with Crippen LogP contribution in [0.25, 0.3) is 5.57 Å². The molecule has 2 atom stereocenters. The number of amides is 1. The van der Waals surface area contributed by atoms with Gasteiger partial charge < -0.3 is 9.64 Å². The highest BCUT2D eigenvalue weighted by molar-refractivity contribution is 5.95. The van der Waals surface area contributed by atoms with Gasteiger partial charge in [0.15, 0.2) is 0 Å². The van der Waals surface area contributed by atoms with Gasteiger partial charge in [-0.1, -0.05) is 60.2 Å². The van der Waals surface area contributed by atoms with Crippen molar-refractivity contribution in [2.75, 3.05) is 26.7 Å². The summed E-state index contributed by atoms with van der Waals surface area (Å²) in [5.41, 5.74) is 7.55. The first-order valence-corrected chi connectivity index (χ1v) is 14.2. The summed E-state index contributed by atoms with van der Waals surface area (Å²) in [6.07, 6.45) is 5.85. The Morgan fingerprint density at radius 3 is 1.97 bits per heavy atom. The van der Waals surface area contributed by atoms with Crippen LogP contribution in [0.1, 0.15) is 66.6 Å². The molecule has 0 saturated carbocycles. The van der Waals surface area contributed by atoms with E-state index in [1.807, 2.05) is 30.9 Å². The smallest absolute Gasteiger partial charge is 0.253 e. The minimum absolute atomic E-state index is 0.110. The van der Waals surface area contributed by atoms with Crippen LogP contribution in [0.4, 0.5) is 0 Å². The number of carbonyl (C=O) groups excluding carboxylic acids is 1. The van der Waals surface area contributed by atoms with Crippen LogP contribution >= 0.6 is 0 Å². The van der Waals surface area contributed by atoms with E-state index in [1.54, 1.807) is 12.7 Å². The topological polar surface area (TPSA) is 32.8 Å². The van der Waals surface area contributed by atoms with Gasteiger partial charge >= 0.3 is 0 Å². The van der Waals surface area contributed by atoms with Crippen molar-refractivity contribution in [2.45, 2.75) is 58.0 Å². The number of piperidine rings is 1. The molecule has 3 aromatic carbocycles. The number of carbonyl (C=O) groups is 1. The maximum atomic E-state index is 12.9. The Labute approximate surface area is 227 Å². The Morgan fingerprint density at radius 1 is 0.816 bits per heavy atom. The Morgan fingerprint density at radius 2 is 1.39 bits per heavy atom. The molecule has 2 saturated heterocycles. The molecule has 198 valence electrons. The van der Waals surface area contributed by atoms with Crippen molar-refractivity contribution in [2.24, 2.45) is 0 Å². The molecule has 0 radical (unpaired) electrons. The van der Waals surface area contributed by atoms with Crippen LogP contribution in [0.5, 0.6) is 5.75 Å². The van der Waals surface area contributed by atoms with E-state index in [4.69, 9.17) is 4.74 Å². The average Bonchev–Trinajstić information content (AvgIpc) is 3.20. The molecule has 0 aromatic heterocycles. The fraction of sp³-hybridized carbons (Fsp3) is 0.382. The average molecular weight is 509 g/mol. The van der Waals surface area contributed by atoms with E-state index < -0.39 is 0 Å². The van der Waals surface area contributed by atoms with Crippen molar-refractivity contribution < 1.29 is 9.53 Å². The van der Waals surface area contributed by atoms with Crippen LogP contribution in [-0.2, 0) is 6.42 Å². The van der Waals surface area contributed by atoms with Crippen molar-refractivity contribution in [1.29, 1.82) is 0 Å². The van der Waals surface area contributed by atoms with Crippen molar-refractivity contribution in [3.63, 3.8) is 0 Å². The van der Waals surface area contributed by atoms with Gasteiger partial charge in [-0.25, -0.2) is 0 Å². The lowest BCUT2D eigenvalue weighted by Gasteiger charge is -2.37. The predicted molar refractivity (Wildman–Crippen MR) is 156 cm³/mol. The lowest BCUT2D eigenvalue weighted by Crippen LogP contribution is -2.41. The van der Waals surface area contributed by atoms with Crippen LogP contribution < -0.4 is 4.74 Å². The Bertz CT molecular complexity index is 1230. The summed E-state index contributed by atoms with van der Waals surface area (Å²) in [5, 5.41) is 0. The lowest BCUT2D eigenvalue weighted by atomic mass is 9.85. The van der Waals surface area contributed by atoms with Crippen LogP contribution in [0.3, 0.4) is 0 Å². The second-order valence-electron chi connectivity index (χ2n) is 10.5. The fourth-order valence-corrected chi connectivity index (χ4v) is 6.38. The third-order valence-corrected chi connectivity index (χ3v) is 8.44. The number of rotatable bonds is 9. The number of hydrogen-bond donors (Lipinski definition) is 0. The van der Waals surface area contributed by atoms with Gasteiger partial charge in [-0.3, -0.25) is 9.69 Å². The first-order valence-electron chi connectivity index (χ1n) is 14.2. The summed E-state index contributed by atoms with van der Waals surface area (Å²) in [7, 11) is 1.72. The number of fused-ring (bicyclic) bond motifs is 2. The monoisotopic (exact) mass is 508 g/mol. The summed E-state index contributed by atoms with van der Waals surface area (Å²) >= 11 is 0. The third kappa shape index (κ3) is 5.56. The normalized spacial score (nSPS) is 18.9. The SMILES string of the molecule is CCN(CC)C(=O)c1ccc(C(=C2CC3CCC(C2)N3CCc2ccc(OC)cc2)c2ccccc2)cc1. The predicted octanol–water partition coefficient (Wildman–Crippen LogP) is 6.85. The van der Waals surface area contributed by atoms with Gasteiger partial charge in [-0.2, -0.15) is 0 Å². The largest absolute Gasteiger partial charge is 0.497 e. The maximum Gasteiger partial charge on any atom is 0.253 e. The number of nitrogens with zero attached hydrogens (tertiary/aromatic N) is 2. The summed E-state index contributed by atoms with van der Waals surface area (Å²) in [6.45, 7) is 6.64. The van der Waals surface area contributed by atoms with Crippen molar-refractivity contribution in [3.05, 3.63) is 107 Å². The van der Waals surface area contributed by atoms with E-state index in [9.17, 15) is 4.79 Å². The number of methoxy groups -OCH3 is 1. The summed E-state index contributed by atoms with van der Waals surface area (Å²) < 4.78 is 5.32. The van der Waals surface area contributed by atoms with E-state index >= 15 is 0 Å². The molecule has 2 unspecified atom stereocenters. The van der Waals surface area contributed by atoms with Crippen LogP contribution in [0, 0.1) is 0 Å². The minimum atomic E-state index is 0.110. The molecule has 5 rings (SSSR count). The lowest BCUT2D eigenvalue weighted by molar-refractivity contribution is 0.0773. The van der Waals surface area contributed by atoms with Gasteiger partial charge in [0, 0.05) is 37.3 Å². The molecule has 4 nitrogen and oxygen atoms in total. The number of ether oxygens (including phenoxy) is 1. The number of hydrogen-bond acceptors (Lipinski definition) is 3. The highest BCUT2D eigenvalue weighted by Crippen LogP contribution is 2.43. The molecule has 3 aromatic rings. The third-order valence-electron chi connectivity index (χ3n) is 8.44.